The molecule has 0 saturated carbocycles. The first-order chi connectivity index (χ1) is 37.2. The molecule has 18 heteroatoms. The number of aromatic hydroxyl groups is 2. The van der Waals surface area contributed by atoms with Crippen molar-refractivity contribution < 1.29 is 61.8 Å². The largest absolute Gasteiger partial charge is 2.00 e. The van der Waals surface area contributed by atoms with E-state index in [0.29, 0.717) is 46.0 Å². The zero-order chi connectivity index (χ0) is 52.1. The number of nitrogens with zero attached hydrogens (tertiary/aromatic N) is 12. The van der Waals surface area contributed by atoms with Gasteiger partial charge in [0, 0.05) is 47.6 Å². The molecule has 0 spiro atoms. The molecule has 0 saturated heterocycles. The number of para-hydroxylation sites is 6. The molecule has 0 amide bonds. The predicted molar refractivity (Wildman–Crippen MR) is 295 cm³/mol. The van der Waals surface area contributed by atoms with Crippen molar-refractivity contribution >= 4 is 68.8 Å². The molecule has 10 aromatic rings. The Morgan fingerprint density at radius 1 is 0.397 bits per heavy atom. The van der Waals surface area contributed by atoms with Crippen LogP contribution in [0.2, 0.25) is 0 Å². The van der Waals surface area contributed by atoms with Crippen molar-refractivity contribution in [1.29, 1.82) is 0 Å². The Labute approximate surface area is 481 Å². The Morgan fingerprint density at radius 2 is 0.756 bits per heavy atom. The number of anilines is 12. The number of pyridine rings is 6. The van der Waals surface area contributed by atoms with Gasteiger partial charge in [0.1, 0.15) is 23.0 Å². The molecular weight excluding hydrogens is 1340 g/mol. The quantitative estimate of drug-likeness (QED) is 0.160. The Kier molecular flexibility index (Phi) is 16.6. The molecule has 0 fully saturated rings. The summed E-state index contributed by atoms with van der Waals surface area (Å²) in [5, 5.41) is 20.5. The van der Waals surface area contributed by atoms with Crippen LogP contribution in [0.4, 0.5) is 68.8 Å². The minimum Gasteiger partial charge on any atom is -0.502 e. The van der Waals surface area contributed by atoms with E-state index in [4.69, 9.17) is 9.47 Å². The van der Waals surface area contributed by atoms with Crippen LogP contribution in [-0.4, -0.2) is 54.2 Å². The van der Waals surface area contributed by atoms with Crippen molar-refractivity contribution in [2.24, 2.45) is 0 Å². The average Bonchev–Trinajstić information content (AvgIpc) is 4.10. The van der Waals surface area contributed by atoms with Crippen LogP contribution in [0, 0.1) is 39.3 Å². The zero-order valence-corrected chi connectivity index (χ0v) is 46.9. The predicted octanol–water partition coefficient (Wildman–Crippen LogP) is 13.3. The van der Waals surface area contributed by atoms with E-state index in [2.05, 4.69) is 64.0 Å². The van der Waals surface area contributed by atoms with Crippen LogP contribution in [0.3, 0.4) is 0 Å². The molecule has 2 N–H and O–H groups in total. The summed E-state index contributed by atoms with van der Waals surface area (Å²) in [5.41, 5.74) is 8.51. The second kappa shape index (κ2) is 24.0. The number of benzene rings is 4. The van der Waals surface area contributed by atoms with E-state index in [1.807, 2.05) is 231 Å². The minimum absolute atomic E-state index is 0. The normalized spacial score (nSPS) is 12.7. The number of aryl methyl sites for hydroxylation is 2. The third-order valence-corrected chi connectivity index (χ3v) is 12.3. The molecule has 16 nitrogen and oxygen atoms in total. The van der Waals surface area contributed by atoms with E-state index in [1.54, 1.807) is 12.4 Å². The summed E-state index contributed by atoms with van der Waals surface area (Å²) in [7, 11) is 4.03. The summed E-state index contributed by atoms with van der Waals surface area (Å²) in [6.07, 6.45) is 7.01. The Balaban J connectivity index is 0.000000127. The third-order valence-electron chi connectivity index (χ3n) is 12.3. The Hall–Kier alpha value is -8.84. The molecule has 10 heterocycles. The van der Waals surface area contributed by atoms with Crippen LogP contribution in [-0.2, 0) is 42.1 Å². The first-order valence-electron chi connectivity index (χ1n) is 24.1. The van der Waals surface area contributed by atoms with Crippen LogP contribution >= 0.6 is 0 Å². The van der Waals surface area contributed by atoms with Crippen LogP contribution in [0.1, 0.15) is 11.4 Å². The molecular formula is C60H48N12O4Pt2. The van der Waals surface area contributed by atoms with E-state index in [-0.39, 0.29) is 53.9 Å². The zero-order valence-electron chi connectivity index (χ0n) is 42.3. The van der Waals surface area contributed by atoms with Gasteiger partial charge in [0.25, 0.3) is 0 Å². The van der Waals surface area contributed by atoms with Crippen molar-refractivity contribution in [3.63, 3.8) is 0 Å². The summed E-state index contributed by atoms with van der Waals surface area (Å²) in [4.78, 5) is 37.8. The van der Waals surface area contributed by atoms with Crippen molar-refractivity contribution in [3.05, 3.63) is 232 Å². The fraction of sp³-hybridized carbons (Fsp3) is 0.0667. The molecule has 14 rings (SSSR count). The number of rotatable bonds is 4. The maximum atomic E-state index is 10.3. The molecule has 78 heavy (non-hydrogen) atoms. The fourth-order valence-electron chi connectivity index (χ4n) is 8.79. The topological polar surface area (TPSA) is 156 Å². The van der Waals surface area contributed by atoms with E-state index >= 15 is 0 Å². The molecule has 4 aromatic carbocycles. The molecule has 6 aromatic heterocycles. The summed E-state index contributed by atoms with van der Waals surface area (Å²) < 4.78 is 11.8. The van der Waals surface area contributed by atoms with Gasteiger partial charge >= 0.3 is 42.1 Å². The van der Waals surface area contributed by atoms with Gasteiger partial charge in [-0.1, -0.05) is 24.3 Å². The van der Waals surface area contributed by atoms with E-state index in [9.17, 15) is 10.2 Å². The number of fused-ring (bicyclic) bond motifs is 6. The smallest absolute Gasteiger partial charge is 0.502 e. The maximum absolute atomic E-state index is 10.3. The van der Waals surface area contributed by atoms with Gasteiger partial charge in [-0.15, -0.1) is 11.4 Å². The van der Waals surface area contributed by atoms with Crippen molar-refractivity contribution in [2.45, 2.75) is 13.8 Å². The summed E-state index contributed by atoms with van der Waals surface area (Å²) in [5.74, 6) is 5.79. The van der Waals surface area contributed by atoms with Crippen molar-refractivity contribution in [3.8, 4) is 34.8 Å². The van der Waals surface area contributed by atoms with Crippen LogP contribution in [0.25, 0.3) is 0 Å². The Bertz CT molecular complexity index is 3350. The maximum Gasteiger partial charge on any atom is 2.00 e. The minimum atomic E-state index is -0.0340. The van der Waals surface area contributed by atoms with Crippen molar-refractivity contribution in [1.82, 2.24) is 29.9 Å². The molecule has 4 aliphatic heterocycles. The number of hydrogen-bond donors (Lipinski definition) is 2. The van der Waals surface area contributed by atoms with Gasteiger partial charge in [0.2, 0.25) is 11.8 Å². The Morgan fingerprint density at radius 3 is 1.15 bits per heavy atom. The molecule has 0 aliphatic carbocycles. The molecule has 0 unspecified atom stereocenters. The van der Waals surface area contributed by atoms with Crippen LogP contribution in [0.15, 0.2) is 195 Å². The summed E-state index contributed by atoms with van der Waals surface area (Å²) >= 11 is 0. The number of aromatic nitrogens is 6. The average molecular weight is 1390 g/mol. The molecule has 0 bridgehead atoms. The number of hydrogen-bond acceptors (Lipinski definition) is 16. The van der Waals surface area contributed by atoms with Gasteiger partial charge in [0.15, 0.2) is 34.6 Å². The van der Waals surface area contributed by atoms with Gasteiger partial charge in [-0.2, -0.15) is 74.0 Å². The van der Waals surface area contributed by atoms with Crippen LogP contribution < -0.4 is 38.9 Å². The first-order valence-corrected chi connectivity index (χ1v) is 24.1. The second-order valence-electron chi connectivity index (χ2n) is 17.4. The van der Waals surface area contributed by atoms with Gasteiger partial charge in [-0.25, -0.2) is 29.9 Å². The third kappa shape index (κ3) is 11.0. The first kappa shape index (κ1) is 54.0. The van der Waals surface area contributed by atoms with E-state index < -0.39 is 0 Å². The molecule has 0 atom stereocenters. The molecule has 0 radical (unpaired) electrons. The molecule has 4 aliphatic rings. The second-order valence-corrected chi connectivity index (χ2v) is 17.4. The van der Waals surface area contributed by atoms with E-state index in [0.717, 1.165) is 57.1 Å². The fourth-order valence-corrected chi connectivity index (χ4v) is 8.79. The SMILES string of the molecule is CN1[CH-]N(c2[c-]cccc2)c2ncccc21.CN1[CH-]N(c2[c-]cccc2)c2ncccc21.Cc1ccc(N2c3ccccc3Oc3cccnc32)c(O)n1.Cc1ccc(N2c3ccccc3Oc3cccnc32)c(O)n1.[Pt+2].[Pt+2]. The monoisotopic (exact) mass is 1390 g/mol. The number of ether oxygens (including phenoxy) is 2. The standard InChI is InChI=1S/2C17H13N3O2.2C13H11N3.2Pt/c2*1-11-8-9-13(17(21)19-11)20-12-5-2-3-6-14(12)22-15-7-4-10-18-16(15)20;2*1-15-10-16(11-6-3-2-4-7-11)13-12(15)8-5-9-14-13;;/h2*2-10H,1H3,(H,19,21);2*2-6,8-10H,1H3;;/q;;2*-2;2*+2. The van der Waals surface area contributed by atoms with Gasteiger partial charge in [0.05, 0.1) is 11.4 Å². The van der Waals surface area contributed by atoms with Gasteiger partial charge in [-0.05, 0) is 125 Å². The summed E-state index contributed by atoms with van der Waals surface area (Å²) in [6, 6.07) is 60.2. The van der Waals surface area contributed by atoms with Crippen molar-refractivity contribution in [2.75, 3.05) is 43.5 Å². The summed E-state index contributed by atoms with van der Waals surface area (Å²) in [6.45, 7) is 7.71. The van der Waals surface area contributed by atoms with E-state index in [1.165, 1.54) is 0 Å². The van der Waals surface area contributed by atoms with Gasteiger partial charge < -0.3 is 39.3 Å². The molecule has 392 valence electrons. The van der Waals surface area contributed by atoms with Crippen LogP contribution in [0.5, 0.6) is 34.8 Å². The van der Waals surface area contributed by atoms with Gasteiger partial charge in [-0.3, -0.25) is 9.80 Å².